The van der Waals surface area contributed by atoms with Crippen LogP contribution in [0.2, 0.25) is 0 Å². The fraction of sp³-hybridized carbons (Fsp3) is 0.455. The van der Waals surface area contributed by atoms with E-state index < -0.39 is 0 Å². The average Bonchev–Trinajstić information content (AvgIpc) is 2.74. The minimum Gasteiger partial charge on any atom is -0.367 e. The van der Waals surface area contributed by atoms with Crippen molar-refractivity contribution in [3.63, 3.8) is 0 Å². The van der Waals surface area contributed by atoms with Crippen LogP contribution in [0.3, 0.4) is 0 Å². The van der Waals surface area contributed by atoms with Crippen LogP contribution in [-0.4, -0.2) is 16.0 Å². The van der Waals surface area contributed by atoms with Gasteiger partial charge < -0.3 is 5.32 Å². The summed E-state index contributed by atoms with van der Waals surface area (Å²) >= 11 is 1.65. The molecular weight excluding hydrogens is 206 g/mol. The third kappa shape index (κ3) is 2.09. The van der Waals surface area contributed by atoms with Crippen LogP contribution in [0.4, 0.5) is 5.82 Å². The Balaban J connectivity index is 2.30. The molecule has 2 aromatic rings. The number of fused-ring (bicyclic) bond motifs is 1. The lowest BCUT2D eigenvalue weighted by atomic mass is 10.2. The van der Waals surface area contributed by atoms with Crippen LogP contribution in [0.5, 0.6) is 0 Å². The van der Waals surface area contributed by atoms with Crippen molar-refractivity contribution >= 4 is 27.4 Å². The largest absolute Gasteiger partial charge is 0.367 e. The quantitative estimate of drug-likeness (QED) is 0.860. The van der Waals surface area contributed by atoms with Crippen molar-refractivity contribution in [2.45, 2.75) is 32.7 Å². The molecular formula is C11H15N3S. The average molecular weight is 221 g/mol. The summed E-state index contributed by atoms with van der Waals surface area (Å²) in [6, 6.07) is 2.58. The molecule has 0 bridgehead atoms. The van der Waals surface area contributed by atoms with Gasteiger partial charge >= 0.3 is 0 Å². The molecule has 0 spiro atoms. The van der Waals surface area contributed by atoms with Crippen LogP contribution in [0.1, 0.15) is 26.7 Å². The summed E-state index contributed by atoms with van der Waals surface area (Å²) in [5.41, 5.74) is 0. The first-order valence-electron chi connectivity index (χ1n) is 5.29. The van der Waals surface area contributed by atoms with Crippen LogP contribution in [0, 0.1) is 0 Å². The Morgan fingerprint density at radius 1 is 1.33 bits per heavy atom. The van der Waals surface area contributed by atoms with Crippen LogP contribution in [-0.2, 0) is 0 Å². The van der Waals surface area contributed by atoms with Crippen molar-refractivity contribution in [3.8, 4) is 0 Å². The zero-order chi connectivity index (χ0) is 10.7. The van der Waals surface area contributed by atoms with Gasteiger partial charge in [0.25, 0.3) is 0 Å². The van der Waals surface area contributed by atoms with E-state index in [1.54, 1.807) is 17.7 Å². The number of rotatable bonds is 4. The Hall–Kier alpha value is -1.16. The highest BCUT2D eigenvalue weighted by Gasteiger charge is 2.08. The monoisotopic (exact) mass is 221 g/mol. The molecule has 2 heterocycles. The van der Waals surface area contributed by atoms with E-state index in [1.165, 1.54) is 0 Å². The Kier molecular flexibility index (Phi) is 3.16. The van der Waals surface area contributed by atoms with Crippen molar-refractivity contribution in [2.75, 3.05) is 5.32 Å². The fourth-order valence-corrected chi connectivity index (χ4v) is 2.32. The van der Waals surface area contributed by atoms with Gasteiger partial charge in [0.1, 0.15) is 17.0 Å². The first-order valence-corrected chi connectivity index (χ1v) is 6.17. The van der Waals surface area contributed by atoms with Gasteiger partial charge in [0.2, 0.25) is 0 Å². The number of thiophene rings is 1. The molecule has 4 heteroatoms. The zero-order valence-corrected chi connectivity index (χ0v) is 9.84. The summed E-state index contributed by atoms with van der Waals surface area (Å²) in [5.74, 6) is 0.968. The molecule has 1 N–H and O–H groups in total. The summed E-state index contributed by atoms with van der Waals surface area (Å²) in [4.78, 5) is 9.58. The first kappa shape index (κ1) is 10.4. The molecule has 0 saturated heterocycles. The molecule has 0 unspecified atom stereocenters. The van der Waals surface area contributed by atoms with Gasteiger partial charge in [-0.25, -0.2) is 9.97 Å². The van der Waals surface area contributed by atoms with Crippen molar-refractivity contribution in [2.24, 2.45) is 0 Å². The SMILES string of the molecule is CCC(CC)Nc1ncnc2sccc12. The second-order valence-corrected chi connectivity index (χ2v) is 4.41. The number of nitrogens with one attached hydrogen (secondary N) is 1. The standard InChI is InChI=1S/C11H15N3S/c1-3-8(4-2)14-10-9-5-6-15-11(9)13-7-12-10/h5-8H,3-4H2,1-2H3,(H,12,13,14). The van der Waals surface area contributed by atoms with Crippen molar-refractivity contribution in [3.05, 3.63) is 17.8 Å². The van der Waals surface area contributed by atoms with E-state index in [4.69, 9.17) is 0 Å². The van der Waals surface area contributed by atoms with Gasteiger partial charge in [-0.1, -0.05) is 13.8 Å². The van der Waals surface area contributed by atoms with Gasteiger partial charge in [0, 0.05) is 6.04 Å². The normalized spacial score (nSPS) is 11.1. The van der Waals surface area contributed by atoms with E-state index >= 15 is 0 Å². The Morgan fingerprint density at radius 3 is 2.87 bits per heavy atom. The van der Waals surface area contributed by atoms with Gasteiger partial charge in [0.05, 0.1) is 5.39 Å². The molecule has 3 nitrogen and oxygen atoms in total. The number of nitrogens with zero attached hydrogens (tertiary/aromatic N) is 2. The molecule has 0 aromatic carbocycles. The van der Waals surface area contributed by atoms with Crippen LogP contribution < -0.4 is 5.32 Å². The molecule has 0 fully saturated rings. The number of hydrogen-bond donors (Lipinski definition) is 1. The summed E-state index contributed by atoms with van der Waals surface area (Å²) < 4.78 is 0. The minimum absolute atomic E-state index is 0.503. The van der Waals surface area contributed by atoms with Gasteiger partial charge in [-0.15, -0.1) is 11.3 Å². The molecule has 0 radical (unpaired) electrons. The predicted octanol–water partition coefficient (Wildman–Crippen LogP) is 3.29. The third-order valence-electron chi connectivity index (χ3n) is 2.59. The first-order chi connectivity index (χ1) is 7.35. The lowest BCUT2D eigenvalue weighted by Gasteiger charge is -2.15. The van der Waals surface area contributed by atoms with Gasteiger partial charge in [-0.2, -0.15) is 0 Å². The molecule has 0 atom stereocenters. The summed E-state index contributed by atoms with van der Waals surface area (Å²) in [7, 11) is 0. The second-order valence-electron chi connectivity index (χ2n) is 3.52. The molecule has 80 valence electrons. The zero-order valence-electron chi connectivity index (χ0n) is 9.03. The molecule has 0 aliphatic heterocycles. The molecule has 2 rings (SSSR count). The van der Waals surface area contributed by atoms with Crippen LogP contribution in [0.15, 0.2) is 17.8 Å². The van der Waals surface area contributed by atoms with Gasteiger partial charge in [0.15, 0.2) is 0 Å². The minimum atomic E-state index is 0.503. The van der Waals surface area contributed by atoms with Crippen LogP contribution in [0.25, 0.3) is 10.2 Å². The smallest absolute Gasteiger partial charge is 0.138 e. The third-order valence-corrected chi connectivity index (χ3v) is 3.41. The molecule has 0 amide bonds. The Morgan fingerprint density at radius 2 is 2.13 bits per heavy atom. The molecule has 0 aliphatic rings. The highest BCUT2D eigenvalue weighted by atomic mass is 32.1. The van der Waals surface area contributed by atoms with Crippen LogP contribution >= 0.6 is 11.3 Å². The second kappa shape index (κ2) is 4.57. The van der Waals surface area contributed by atoms with E-state index in [2.05, 4.69) is 40.6 Å². The number of hydrogen-bond acceptors (Lipinski definition) is 4. The number of aromatic nitrogens is 2. The van der Waals surface area contributed by atoms with E-state index in [1.807, 2.05) is 0 Å². The van der Waals surface area contributed by atoms with E-state index in [0.717, 1.165) is 28.9 Å². The fourth-order valence-electron chi connectivity index (χ4n) is 1.59. The molecule has 15 heavy (non-hydrogen) atoms. The number of anilines is 1. The van der Waals surface area contributed by atoms with Gasteiger partial charge in [-0.05, 0) is 24.3 Å². The van der Waals surface area contributed by atoms with Gasteiger partial charge in [-0.3, -0.25) is 0 Å². The van der Waals surface area contributed by atoms with E-state index in [0.29, 0.717) is 6.04 Å². The summed E-state index contributed by atoms with van der Waals surface area (Å²) in [6.45, 7) is 4.38. The molecule has 0 aliphatic carbocycles. The molecule has 0 saturated carbocycles. The molecule has 2 aromatic heterocycles. The van der Waals surface area contributed by atoms with Crippen molar-refractivity contribution < 1.29 is 0 Å². The lowest BCUT2D eigenvalue weighted by Crippen LogP contribution is -2.17. The maximum Gasteiger partial charge on any atom is 0.138 e. The van der Waals surface area contributed by atoms with Crippen molar-refractivity contribution in [1.29, 1.82) is 0 Å². The van der Waals surface area contributed by atoms with Crippen molar-refractivity contribution in [1.82, 2.24) is 9.97 Å². The maximum absolute atomic E-state index is 4.30. The van der Waals surface area contributed by atoms with E-state index in [-0.39, 0.29) is 0 Å². The predicted molar refractivity (Wildman–Crippen MR) is 65.4 cm³/mol. The highest BCUT2D eigenvalue weighted by molar-refractivity contribution is 7.16. The summed E-state index contributed by atoms with van der Waals surface area (Å²) in [5, 5.41) is 6.65. The highest BCUT2D eigenvalue weighted by Crippen LogP contribution is 2.24. The Bertz CT molecular complexity index is 434. The summed E-state index contributed by atoms with van der Waals surface area (Å²) in [6.07, 6.45) is 3.86. The van der Waals surface area contributed by atoms with E-state index in [9.17, 15) is 0 Å². The Labute approximate surface area is 93.6 Å². The lowest BCUT2D eigenvalue weighted by molar-refractivity contribution is 0.669. The maximum atomic E-state index is 4.30. The topological polar surface area (TPSA) is 37.8 Å².